The van der Waals surface area contributed by atoms with Gasteiger partial charge in [0.05, 0.1) is 6.10 Å². The van der Waals surface area contributed by atoms with E-state index in [1.54, 1.807) is 6.92 Å². The molecule has 1 rings (SSSR count). The van der Waals surface area contributed by atoms with Gasteiger partial charge in [-0.3, -0.25) is 0 Å². The second kappa shape index (κ2) is 8.06. The fourth-order valence-electron chi connectivity index (χ4n) is 1.55. The molecule has 0 aliphatic rings. The maximum absolute atomic E-state index is 9.14. The lowest BCUT2D eigenvalue weighted by atomic mass is 10.1. The van der Waals surface area contributed by atoms with E-state index in [1.165, 1.54) is 18.4 Å². The standard InChI is InChI=1S/C14H22N2OS/c1-3-4-5-12-6-8-13(9-7-12)16-14(18)15-10-11(2)17/h6-9,11,17H,3-5,10H2,1-2H3,(H2,15,16,18)/t11-/m0/s1. The zero-order chi connectivity index (χ0) is 13.4. The molecule has 0 unspecified atom stereocenters. The molecule has 4 heteroatoms. The van der Waals surface area contributed by atoms with Gasteiger partial charge in [0, 0.05) is 12.2 Å². The molecule has 0 heterocycles. The number of unbranched alkanes of at least 4 members (excludes halogenated alkanes) is 1. The third-order valence-corrected chi connectivity index (χ3v) is 2.84. The van der Waals surface area contributed by atoms with Crippen molar-refractivity contribution in [2.75, 3.05) is 11.9 Å². The van der Waals surface area contributed by atoms with E-state index in [-0.39, 0.29) is 0 Å². The molecule has 0 saturated carbocycles. The van der Waals surface area contributed by atoms with Crippen molar-refractivity contribution in [1.82, 2.24) is 5.32 Å². The zero-order valence-electron chi connectivity index (χ0n) is 11.1. The molecule has 1 aromatic carbocycles. The number of aliphatic hydroxyl groups is 1. The Hall–Kier alpha value is -1.13. The lowest BCUT2D eigenvalue weighted by Crippen LogP contribution is -2.33. The van der Waals surface area contributed by atoms with Gasteiger partial charge in [0.25, 0.3) is 0 Å². The number of aliphatic hydroxyl groups excluding tert-OH is 1. The average molecular weight is 266 g/mol. The monoisotopic (exact) mass is 266 g/mol. The van der Waals surface area contributed by atoms with E-state index in [0.717, 1.165) is 12.1 Å². The summed E-state index contributed by atoms with van der Waals surface area (Å²) in [5, 5.41) is 15.7. The lowest BCUT2D eigenvalue weighted by Gasteiger charge is -2.12. The van der Waals surface area contributed by atoms with Crippen LogP contribution in [0.2, 0.25) is 0 Å². The summed E-state index contributed by atoms with van der Waals surface area (Å²) in [5.74, 6) is 0. The number of anilines is 1. The predicted octanol–water partition coefficient (Wildman–Crippen LogP) is 2.70. The van der Waals surface area contributed by atoms with Crippen LogP contribution in [-0.2, 0) is 6.42 Å². The summed E-state index contributed by atoms with van der Waals surface area (Å²) < 4.78 is 0. The van der Waals surface area contributed by atoms with Gasteiger partial charge < -0.3 is 15.7 Å². The Bertz CT molecular complexity index is 363. The molecule has 0 bridgehead atoms. The summed E-state index contributed by atoms with van der Waals surface area (Å²) in [6.45, 7) is 4.38. The topological polar surface area (TPSA) is 44.3 Å². The number of hydrogen-bond donors (Lipinski definition) is 3. The Kier molecular flexibility index (Phi) is 6.68. The molecule has 0 saturated heterocycles. The largest absolute Gasteiger partial charge is 0.392 e. The predicted molar refractivity (Wildman–Crippen MR) is 81.0 cm³/mol. The van der Waals surface area contributed by atoms with E-state index in [1.807, 2.05) is 12.1 Å². The van der Waals surface area contributed by atoms with Gasteiger partial charge in [0.15, 0.2) is 5.11 Å². The highest BCUT2D eigenvalue weighted by atomic mass is 32.1. The van der Waals surface area contributed by atoms with E-state index in [9.17, 15) is 0 Å². The minimum absolute atomic E-state index is 0.402. The van der Waals surface area contributed by atoms with Crippen molar-refractivity contribution >= 4 is 23.0 Å². The van der Waals surface area contributed by atoms with Crippen LogP contribution in [-0.4, -0.2) is 22.9 Å². The van der Waals surface area contributed by atoms with Crippen LogP contribution in [0.5, 0.6) is 0 Å². The van der Waals surface area contributed by atoms with Crippen LogP contribution in [0.3, 0.4) is 0 Å². The molecule has 100 valence electrons. The van der Waals surface area contributed by atoms with E-state index >= 15 is 0 Å². The highest BCUT2D eigenvalue weighted by Crippen LogP contribution is 2.11. The van der Waals surface area contributed by atoms with Crippen LogP contribution in [0, 0.1) is 0 Å². The first kappa shape index (κ1) is 14.9. The maximum Gasteiger partial charge on any atom is 0.170 e. The molecule has 18 heavy (non-hydrogen) atoms. The molecule has 0 amide bonds. The molecule has 0 spiro atoms. The van der Waals surface area contributed by atoms with Crippen molar-refractivity contribution in [2.24, 2.45) is 0 Å². The van der Waals surface area contributed by atoms with Crippen LogP contribution in [0.15, 0.2) is 24.3 Å². The maximum atomic E-state index is 9.14. The molecule has 3 nitrogen and oxygen atoms in total. The van der Waals surface area contributed by atoms with Gasteiger partial charge in [-0.1, -0.05) is 25.5 Å². The highest BCUT2D eigenvalue weighted by molar-refractivity contribution is 7.80. The SMILES string of the molecule is CCCCc1ccc(NC(=S)NC[C@H](C)O)cc1. The minimum atomic E-state index is -0.402. The van der Waals surface area contributed by atoms with Crippen molar-refractivity contribution in [1.29, 1.82) is 0 Å². The summed E-state index contributed by atoms with van der Waals surface area (Å²) in [4.78, 5) is 0. The van der Waals surface area contributed by atoms with E-state index < -0.39 is 6.10 Å². The molecule has 0 fully saturated rings. The summed E-state index contributed by atoms with van der Waals surface area (Å²) in [5.41, 5.74) is 2.32. The fourth-order valence-corrected chi connectivity index (χ4v) is 1.75. The van der Waals surface area contributed by atoms with Gasteiger partial charge in [-0.05, 0) is 49.7 Å². The Morgan fingerprint density at radius 3 is 2.56 bits per heavy atom. The van der Waals surface area contributed by atoms with Crippen molar-refractivity contribution < 1.29 is 5.11 Å². The number of benzene rings is 1. The van der Waals surface area contributed by atoms with E-state index in [2.05, 4.69) is 29.7 Å². The molecule has 0 aromatic heterocycles. The lowest BCUT2D eigenvalue weighted by molar-refractivity contribution is 0.198. The molecular formula is C14H22N2OS. The first-order valence-corrected chi connectivity index (χ1v) is 6.84. The third-order valence-electron chi connectivity index (χ3n) is 2.59. The number of rotatable bonds is 6. The quantitative estimate of drug-likeness (QED) is 0.693. The first-order chi connectivity index (χ1) is 8.61. The fraction of sp³-hybridized carbons (Fsp3) is 0.500. The second-order valence-electron chi connectivity index (χ2n) is 4.48. The van der Waals surface area contributed by atoms with Crippen molar-refractivity contribution in [3.05, 3.63) is 29.8 Å². The summed E-state index contributed by atoms with van der Waals surface area (Å²) in [6.07, 6.45) is 3.16. The van der Waals surface area contributed by atoms with Gasteiger partial charge >= 0.3 is 0 Å². The number of aryl methyl sites for hydroxylation is 1. The highest BCUT2D eigenvalue weighted by Gasteiger charge is 2.00. The first-order valence-electron chi connectivity index (χ1n) is 6.43. The van der Waals surface area contributed by atoms with Crippen LogP contribution in [0.1, 0.15) is 32.3 Å². The second-order valence-corrected chi connectivity index (χ2v) is 4.89. The van der Waals surface area contributed by atoms with Gasteiger partial charge in [-0.2, -0.15) is 0 Å². The van der Waals surface area contributed by atoms with Crippen LogP contribution < -0.4 is 10.6 Å². The Labute approximate surface area is 115 Å². The van der Waals surface area contributed by atoms with Crippen molar-refractivity contribution in [3.63, 3.8) is 0 Å². The van der Waals surface area contributed by atoms with Gasteiger partial charge in [0.1, 0.15) is 0 Å². The molecule has 3 N–H and O–H groups in total. The Morgan fingerprint density at radius 1 is 1.33 bits per heavy atom. The molecular weight excluding hydrogens is 244 g/mol. The van der Waals surface area contributed by atoms with Gasteiger partial charge in [-0.15, -0.1) is 0 Å². The van der Waals surface area contributed by atoms with Crippen LogP contribution >= 0.6 is 12.2 Å². The normalized spacial score (nSPS) is 11.9. The molecule has 0 radical (unpaired) electrons. The number of nitrogens with one attached hydrogen (secondary N) is 2. The molecule has 1 atom stereocenters. The summed E-state index contributed by atoms with van der Waals surface area (Å²) >= 11 is 5.12. The van der Waals surface area contributed by atoms with Crippen LogP contribution in [0.4, 0.5) is 5.69 Å². The van der Waals surface area contributed by atoms with Crippen molar-refractivity contribution in [3.8, 4) is 0 Å². The van der Waals surface area contributed by atoms with Crippen molar-refractivity contribution in [2.45, 2.75) is 39.2 Å². The van der Waals surface area contributed by atoms with Crippen LogP contribution in [0.25, 0.3) is 0 Å². The molecule has 0 aliphatic heterocycles. The summed E-state index contributed by atoms with van der Waals surface area (Å²) in [7, 11) is 0. The Balaban J connectivity index is 2.40. The summed E-state index contributed by atoms with van der Waals surface area (Å²) in [6, 6.07) is 8.30. The third kappa shape index (κ3) is 5.98. The number of thiocarbonyl (C=S) groups is 1. The van der Waals surface area contributed by atoms with Gasteiger partial charge in [0.2, 0.25) is 0 Å². The number of hydrogen-bond acceptors (Lipinski definition) is 2. The Morgan fingerprint density at radius 2 is 2.00 bits per heavy atom. The minimum Gasteiger partial charge on any atom is -0.392 e. The molecule has 1 aromatic rings. The smallest absolute Gasteiger partial charge is 0.170 e. The average Bonchev–Trinajstić information content (AvgIpc) is 2.35. The van der Waals surface area contributed by atoms with Gasteiger partial charge in [-0.25, -0.2) is 0 Å². The van der Waals surface area contributed by atoms with E-state index in [4.69, 9.17) is 17.3 Å². The molecule has 0 aliphatic carbocycles. The van der Waals surface area contributed by atoms with E-state index in [0.29, 0.717) is 11.7 Å². The zero-order valence-corrected chi connectivity index (χ0v) is 11.9.